The Morgan fingerprint density at radius 1 is 1.19 bits per heavy atom. The van der Waals surface area contributed by atoms with Crippen molar-refractivity contribution in [2.24, 2.45) is 17.8 Å². The van der Waals surface area contributed by atoms with E-state index in [-0.39, 0.29) is 0 Å². The molecule has 166 valence electrons. The SMILES string of the molecule is Cc1cc(C)n2cc(CSc3nnc(-c4cccs4)n3C(C)C3CC4CCC3C4)nc2n1. The Kier molecular flexibility index (Phi) is 5.10. The fourth-order valence-electron chi connectivity index (χ4n) is 5.92. The van der Waals surface area contributed by atoms with Crippen molar-refractivity contribution in [3.8, 4) is 10.7 Å². The number of imidazole rings is 1. The van der Waals surface area contributed by atoms with Gasteiger partial charge in [-0.05, 0) is 75.3 Å². The lowest BCUT2D eigenvalue weighted by molar-refractivity contribution is 0.235. The zero-order valence-electron chi connectivity index (χ0n) is 18.7. The molecule has 0 saturated heterocycles. The highest BCUT2D eigenvalue weighted by atomic mass is 32.2. The first-order valence-corrected chi connectivity index (χ1v) is 13.4. The van der Waals surface area contributed by atoms with Gasteiger partial charge in [-0.15, -0.1) is 21.5 Å². The maximum Gasteiger partial charge on any atom is 0.234 e. The van der Waals surface area contributed by atoms with Gasteiger partial charge < -0.3 is 0 Å². The molecule has 6 rings (SSSR count). The predicted molar refractivity (Wildman–Crippen MR) is 129 cm³/mol. The molecular formula is C24H28N6S2. The summed E-state index contributed by atoms with van der Waals surface area (Å²) < 4.78 is 4.49. The molecule has 4 unspecified atom stereocenters. The zero-order chi connectivity index (χ0) is 21.8. The van der Waals surface area contributed by atoms with Gasteiger partial charge in [0.15, 0.2) is 11.0 Å². The molecule has 4 aromatic rings. The van der Waals surface area contributed by atoms with Gasteiger partial charge in [0.25, 0.3) is 0 Å². The molecule has 4 heterocycles. The van der Waals surface area contributed by atoms with Crippen LogP contribution < -0.4 is 0 Å². The third-order valence-electron chi connectivity index (χ3n) is 7.39. The average Bonchev–Trinajstić information content (AvgIpc) is 3.59. The van der Waals surface area contributed by atoms with Gasteiger partial charge in [-0.1, -0.05) is 24.2 Å². The molecule has 4 aromatic heterocycles. The number of thiophene rings is 1. The molecule has 2 aliphatic rings. The monoisotopic (exact) mass is 464 g/mol. The first-order chi connectivity index (χ1) is 15.6. The number of hydrogen-bond acceptors (Lipinski definition) is 6. The van der Waals surface area contributed by atoms with E-state index in [0.29, 0.717) is 6.04 Å². The van der Waals surface area contributed by atoms with E-state index >= 15 is 0 Å². The summed E-state index contributed by atoms with van der Waals surface area (Å²) in [6.07, 6.45) is 7.70. The number of thioether (sulfide) groups is 1. The Bertz CT molecular complexity index is 1260. The molecule has 0 amide bonds. The largest absolute Gasteiger partial charge is 0.298 e. The first-order valence-electron chi connectivity index (χ1n) is 11.5. The van der Waals surface area contributed by atoms with E-state index in [4.69, 9.17) is 4.98 Å². The number of rotatable bonds is 6. The van der Waals surface area contributed by atoms with Crippen molar-refractivity contribution >= 4 is 28.9 Å². The Hall–Kier alpha value is -2.19. The normalized spacial score (nSPS) is 23.4. The Balaban J connectivity index is 1.31. The summed E-state index contributed by atoms with van der Waals surface area (Å²) in [5, 5.41) is 12.4. The first kappa shape index (κ1) is 20.4. The molecule has 2 fully saturated rings. The van der Waals surface area contributed by atoms with Crippen molar-refractivity contribution in [3.05, 3.63) is 46.9 Å². The van der Waals surface area contributed by atoms with E-state index < -0.39 is 0 Å². The molecule has 0 spiro atoms. The molecule has 0 aromatic carbocycles. The van der Waals surface area contributed by atoms with E-state index in [9.17, 15) is 0 Å². The Labute approximate surface area is 196 Å². The standard InChI is InChI=1S/C24H28N6S2/c1-14-9-15(2)29-12-19(26-23(29)25-14)13-32-24-28-27-22(21-5-4-8-31-21)30(24)16(3)20-11-17-6-7-18(20)10-17/h4-5,8-9,12,16-18,20H,6-7,10-11,13H2,1-3H3. The Morgan fingerprint density at radius 3 is 2.84 bits per heavy atom. The molecule has 6 nitrogen and oxygen atoms in total. The second kappa shape index (κ2) is 7.99. The molecule has 8 heteroatoms. The summed E-state index contributed by atoms with van der Waals surface area (Å²) in [6, 6.07) is 6.76. The van der Waals surface area contributed by atoms with Crippen LogP contribution in [0.4, 0.5) is 0 Å². The lowest BCUT2D eigenvalue weighted by Crippen LogP contribution is -2.23. The van der Waals surface area contributed by atoms with E-state index in [1.54, 1.807) is 23.1 Å². The highest BCUT2D eigenvalue weighted by Crippen LogP contribution is 2.53. The number of hydrogen-bond donors (Lipinski definition) is 0. The average molecular weight is 465 g/mol. The predicted octanol–water partition coefficient (Wildman–Crippen LogP) is 5.96. The van der Waals surface area contributed by atoms with Crippen LogP contribution in [-0.4, -0.2) is 29.1 Å². The molecular weight excluding hydrogens is 436 g/mol. The lowest BCUT2D eigenvalue weighted by Gasteiger charge is -2.30. The van der Waals surface area contributed by atoms with Gasteiger partial charge >= 0.3 is 0 Å². The molecule has 2 aliphatic carbocycles. The minimum absolute atomic E-state index is 0.410. The number of fused-ring (bicyclic) bond motifs is 3. The van der Waals surface area contributed by atoms with E-state index in [1.807, 2.05) is 6.92 Å². The van der Waals surface area contributed by atoms with Crippen molar-refractivity contribution < 1.29 is 0 Å². The highest BCUT2D eigenvalue weighted by Gasteiger charge is 2.43. The third-order valence-corrected chi connectivity index (χ3v) is 9.23. The number of aryl methyl sites for hydroxylation is 2. The van der Waals surface area contributed by atoms with Crippen LogP contribution in [0.15, 0.2) is 34.9 Å². The van der Waals surface area contributed by atoms with Crippen molar-refractivity contribution in [1.29, 1.82) is 0 Å². The summed E-state index contributed by atoms with van der Waals surface area (Å²) in [6.45, 7) is 6.50. The minimum Gasteiger partial charge on any atom is -0.298 e. The third kappa shape index (κ3) is 3.48. The number of aromatic nitrogens is 6. The molecule has 32 heavy (non-hydrogen) atoms. The molecule has 0 aliphatic heterocycles. The van der Waals surface area contributed by atoms with Crippen molar-refractivity contribution in [1.82, 2.24) is 29.1 Å². The van der Waals surface area contributed by atoms with Gasteiger partial charge in [0.05, 0.1) is 10.6 Å². The van der Waals surface area contributed by atoms with Crippen LogP contribution in [0.25, 0.3) is 16.5 Å². The van der Waals surface area contributed by atoms with Crippen LogP contribution in [0, 0.1) is 31.6 Å². The molecule has 0 N–H and O–H groups in total. The van der Waals surface area contributed by atoms with Crippen LogP contribution in [0.2, 0.25) is 0 Å². The summed E-state index contributed by atoms with van der Waals surface area (Å²) in [7, 11) is 0. The maximum atomic E-state index is 4.76. The zero-order valence-corrected chi connectivity index (χ0v) is 20.4. The second-order valence-corrected chi connectivity index (χ2v) is 11.4. The van der Waals surface area contributed by atoms with Crippen LogP contribution in [0.3, 0.4) is 0 Å². The topological polar surface area (TPSA) is 60.9 Å². The van der Waals surface area contributed by atoms with Gasteiger partial charge in [-0.25, -0.2) is 9.97 Å². The maximum absolute atomic E-state index is 4.76. The van der Waals surface area contributed by atoms with Gasteiger partial charge in [-0.3, -0.25) is 8.97 Å². The van der Waals surface area contributed by atoms with Gasteiger partial charge in [-0.2, -0.15) is 0 Å². The second-order valence-electron chi connectivity index (χ2n) is 9.46. The van der Waals surface area contributed by atoms with Crippen LogP contribution in [-0.2, 0) is 5.75 Å². The van der Waals surface area contributed by atoms with Gasteiger partial charge in [0, 0.05) is 29.4 Å². The summed E-state index contributed by atoms with van der Waals surface area (Å²) in [5.41, 5.74) is 3.18. The van der Waals surface area contributed by atoms with Crippen LogP contribution >= 0.6 is 23.1 Å². The smallest absolute Gasteiger partial charge is 0.234 e. The Morgan fingerprint density at radius 2 is 2.09 bits per heavy atom. The van der Waals surface area contributed by atoms with E-state index in [0.717, 1.165) is 57.3 Å². The minimum atomic E-state index is 0.410. The van der Waals surface area contributed by atoms with Crippen molar-refractivity contribution in [2.75, 3.05) is 0 Å². The molecule has 2 saturated carbocycles. The fraction of sp³-hybridized carbons (Fsp3) is 0.500. The van der Waals surface area contributed by atoms with Crippen molar-refractivity contribution in [2.45, 2.75) is 63.4 Å². The van der Waals surface area contributed by atoms with Gasteiger partial charge in [0.1, 0.15) is 0 Å². The molecule has 4 atom stereocenters. The number of nitrogens with zero attached hydrogens (tertiary/aromatic N) is 6. The summed E-state index contributed by atoms with van der Waals surface area (Å²) in [5.74, 6) is 5.07. The summed E-state index contributed by atoms with van der Waals surface area (Å²) >= 11 is 3.48. The van der Waals surface area contributed by atoms with Gasteiger partial charge in [0.2, 0.25) is 5.78 Å². The van der Waals surface area contributed by atoms with Crippen LogP contribution in [0.5, 0.6) is 0 Å². The lowest BCUT2D eigenvalue weighted by atomic mass is 9.84. The molecule has 2 bridgehead atoms. The quantitative estimate of drug-likeness (QED) is 0.330. The molecule has 0 radical (unpaired) electrons. The highest BCUT2D eigenvalue weighted by molar-refractivity contribution is 7.98. The summed E-state index contributed by atoms with van der Waals surface area (Å²) in [4.78, 5) is 10.5. The fourth-order valence-corrected chi connectivity index (χ4v) is 7.53. The van der Waals surface area contributed by atoms with E-state index in [1.165, 1.54) is 30.6 Å². The van der Waals surface area contributed by atoms with E-state index in [2.05, 4.69) is 67.8 Å². The van der Waals surface area contributed by atoms with Crippen molar-refractivity contribution in [3.63, 3.8) is 0 Å². The van der Waals surface area contributed by atoms with Crippen LogP contribution in [0.1, 0.15) is 55.7 Å².